The van der Waals surface area contributed by atoms with Crippen LogP contribution in [0.4, 0.5) is 4.39 Å². The van der Waals surface area contributed by atoms with E-state index in [1.54, 1.807) is 6.07 Å². The number of hydrogen-bond donors (Lipinski definition) is 2. The second-order valence-corrected chi connectivity index (χ2v) is 6.60. The molecule has 2 aliphatic rings. The first-order valence-electron chi connectivity index (χ1n) is 5.95. The van der Waals surface area contributed by atoms with Gasteiger partial charge in [-0.1, -0.05) is 0 Å². The molecule has 1 aromatic carbocycles. The molecule has 0 amide bonds. The first-order chi connectivity index (χ1) is 9.03. The number of nitrogens with zero attached hydrogens (tertiary/aromatic N) is 1. The summed E-state index contributed by atoms with van der Waals surface area (Å²) in [5.41, 5.74) is -0.263. The van der Waals surface area contributed by atoms with Gasteiger partial charge < -0.3 is 5.32 Å². The zero-order valence-corrected chi connectivity index (χ0v) is 10.7. The Morgan fingerprint density at radius 2 is 2.05 bits per heavy atom. The number of hydrogen-bond acceptors (Lipinski definition) is 4. The maximum absolute atomic E-state index is 13.2. The van der Waals surface area contributed by atoms with Gasteiger partial charge in [-0.15, -0.1) is 0 Å². The van der Waals surface area contributed by atoms with E-state index in [-0.39, 0.29) is 16.5 Å². The molecule has 1 aliphatic heterocycles. The highest BCUT2D eigenvalue weighted by molar-refractivity contribution is 7.89. The fourth-order valence-corrected chi connectivity index (χ4v) is 3.96. The van der Waals surface area contributed by atoms with Crippen molar-refractivity contribution in [2.75, 3.05) is 13.1 Å². The van der Waals surface area contributed by atoms with Crippen LogP contribution in [0.25, 0.3) is 0 Å². The second kappa shape index (κ2) is 4.27. The molecule has 1 saturated carbocycles. The van der Waals surface area contributed by atoms with Gasteiger partial charge in [-0.3, -0.25) is 0 Å². The van der Waals surface area contributed by atoms with Crippen molar-refractivity contribution in [2.24, 2.45) is 11.8 Å². The zero-order valence-electron chi connectivity index (χ0n) is 9.93. The third-order valence-corrected chi connectivity index (χ3v) is 5.21. The average molecular weight is 281 g/mol. The predicted molar refractivity (Wildman–Crippen MR) is 65.1 cm³/mol. The van der Waals surface area contributed by atoms with Crippen molar-refractivity contribution in [3.05, 3.63) is 29.6 Å². The lowest BCUT2D eigenvalue weighted by Gasteiger charge is -2.09. The Morgan fingerprint density at radius 3 is 2.68 bits per heavy atom. The molecule has 2 unspecified atom stereocenters. The summed E-state index contributed by atoms with van der Waals surface area (Å²) in [4.78, 5) is -0.0663. The summed E-state index contributed by atoms with van der Waals surface area (Å²) < 4.78 is 40.1. The van der Waals surface area contributed by atoms with Crippen LogP contribution in [0.1, 0.15) is 5.56 Å². The number of nitriles is 1. The van der Waals surface area contributed by atoms with Crippen LogP contribution in [0.15, 0.2) is 23.1 Å². The molecule has 1 heterocycles. The number of sulfonamides is 1. The van der Waals surface area contributed by atoms with Crippen molar-refractivity contribution in [1.29, 1.82) is 5.26 Å². The maximum Gasteiger partial charge on any atom is 0.240 e. The lowest BCUT2D eigenvalue weighted by Crippen LogP contribution is -2.32. The van der Waals surface area contributed by atoms with Gasteiger partial charge in [0.2, 0.25) is 10.0 Å². The topological polar surface area (TPSA) is 82.0 Å². The quantitative estimate of drug-likeness (QED) is 0.829. The SMILES string of the molecule is N#Cc1cc(S(=O)(=O)NC2C3CNCC32)ccc1F. The molecule has 2 fully saturated rings. The molecule has 1 saturated heterocycles. The van der Waals surface area contributed by atoms with E-state index in [4.69, 9.17) is 5.26 Å². The van der Waals surface area contributed by atoms with Gasteiger partial charge in [0.15, 0.2) is 0 Å². The van der Waals surface area contributed by atoms with Gasteiger partial charge in [0.1, 0.15) is 11.9 Å². The van der Waals surface area contributed by atoms with Gasteiger partial charge in [-0.05, 0) is 43.1 Å². The highest BCUT2D eigenvalue weighted by atomic mass is 32.2. The third-order valence-electron chi connectivity index (χ3n) is 3.75. The van der Waals surface area contributed by atoms with Crippen LogP contribution >= 0.6 is 0 Å². The number of nitrogens with one attached hydrogen (secondary N) is 2. The minimum Gasteiger partial charge on any atom is -0.316 e. The van der Waals surface area contributed by atoms with Gasteiger partial charge >= 0.3 is 0 Å². The maximum atomic E-state index is 13.2. The van der Waals surface area contributed by atoms with Gasteiger partial charge in [0, 0.05) is 6.04 Å². The Hall–Kier alpha value is -1.49. The van der Waals surface area contributed by atoms with Crippen LogP contribution < -0.4 is 10.0 Å². The third kappa shape index (κ3) is 2.12. The lowest BCUT2D eigenvalue weighted by atomic mass is 10.2. The molecule has 7 heteroatoms. The van der Waals surface area contributed by atoms with Crippen LogP contribution in [0.5, 0.6) is 0 Å². The monoisotopic (exact) mass is 281 g/mol. The van der Waals surface area contributed by atoms with E-state index in [9.17, 15) is 12.8 Å². The van der Waals surface area contributed by atoms with E-state index in [0.29, 0.717) is 11.8 Å². The van der Waals surface area contributed by atoms with Crippen molar-refractivity contribution < 1.29 is 12.8 Å². The van der Waals surface area contributed by atoms with Gasteiger partial charge in [-0.2, -0.15) is 5.26 Å². The fraction of sp³-hybridized carbons (Fsp3) is 0.417. The molecule has 0 radical (unpaired) electrons. The van der Waals surface area contributed by atoms with Crippen LogP contribution in [0.3, 0.4) is 0 Å². The van der Waals surface area contributed by atoms with Gasteiger partial charge in [0.25, 0.3) is 0 Å². The van der Waals surface area contributed by atoms with E-state index in [1.165, 1.54) is 6.07 Å². The normalized spacial score (nSPS) is 28.7. The summed E-state index contributed by atoms with van der Waals surface area (Å²) in [6, 6.07) is 4.84. The summed E-state index contributed by atoms with van der Waals surface area (Å²) >= 11 is 0. The molecule has 19 heavy (non-hydrogen) atoms. The summed E-state index contributed by atoms with van der Waals surface area (Å²) in [7, 11) is -3.68. The zero-order chi connectivity index (χ0) is 13.6. The Balaban J connectivity index is 1.83. The highest BCUT2D eigenvalue weighted by Crippen LogP contribution is 2.42. The highest BCUT2D eigenvalue weighted by Gasteiger charge is 2.54. The molecular formula is C12H12FN3O2S. The molecule has 0 spiro atoms. The van der Waals surface area contributed by atoms with Gasteiger partial charge in [0.05, 0.1) is 10.5 Å². The van der Waals surface area contributed by atoms with Crippen LogP contribution in [0, 0.1) is 29.0 Å². The van der Waals surface area contributed by atoms with E-state index in [0.717, 1.165) is 25.2 Å². The van der Waals surface area contributed by atoms with Crippen molar-refractivity contribution >= 4 is 10.0 Å². The first-order valence-corrected chi connectivity index (χ1v) is 7.44. The predicted octanol–water partition coefficient (Wildman–Crippen LogP) is 0.193. The lowest BCUT2D eigenvalue weighted by molar-refractivity contribution is 0.564. The van der Waals surface area contributed by atoms with E-state index in [1.807, 2.05) is 0 Å². The molecule has 3 rings (SSSR count). The van der Waals surface area contributed by atoms with Crippen molar-refractivity contribution in [3.8, 4) is 6.07 Å². The Bertz CT molecular complexity index is 658. The number of halogens is 1. The van der Waals surface area contributed by atoms with E-state index < -0.39 is 15.8 Å². The molecule has 0 aromatic heterocycles. The Kier molecular flexibility index (Phi) is 2.82. The van der Waals surface area contributed by atoms with E-state index >= 15 is 0 Å². The molecule has 0 bridgehead atoms. The standard InChI is InChI=1S/C12H12FN3O2S/c13-11-2-1-8(3-7(11)4-14)19(17,18)16-12-9-5-15-6-10(9)12/h1-3,9-10,12,15-16H,5-6H2. The summed E-state index contributed by atoms with van der Waals surface area (Å²) in [5, 5.41) is 11.9. The molecule has 2 N–H and O–H groups in total. The molecule has 1 aliphatic carbocycles. The Morgan fingerprint density at radius 1 is 1.37 bits per heavy atom. The van der Waals surface area contributed by atoms with Crippen molar-refractivity contribution in [3.63, 3.8) is 0 Å². The smallest absolute Gasteiger partial charge is 0.240 e. The van der Waals surface area contributed by atoms with Crippen LogP contribution in [-0.2, 0) is 10.0 Å². The number of rotatable bonds is 3. The molecule has 2 atom stereocenters. The number of fused-ring (bicyclic) bond motifs is 1. The Labute approximate surface area is 110 Å². The molecule has 1 aromatic rings. The van der Waals surface area contributed by atoms with Crippen molar-refractivity contribution in [2.45, 2.75) is 10.9 Å². The molecule has 5 nitrogen and oxygen atoms in total. The van der Waals surface area contributed by atoms with Crippen LogP contribution in [0.2, 0.25) is 0 Å². The first kappa shape index (κ1) is 12.5. The summed E-state index contributed by atoms with van der Waals surface area (Å²) in [6.07, 6.45) is 0. The van der Waals surface area contributed by atoms with Crippen molar-refractivity contribution in [1.82, 2.24) is 10.0 Å². The van der Waals surface area contributed by atoms with Gasteiger partial charge in [-0.25, -0.2) is 17.5 Å². The molecular weight excluding hydrogens is 269 g/mol. The minimum absolute atomic E-state index is 0.0400. The van der Waals surface area contributed by atoms with Crippen LogP contribution in [-0.4, -0.2) is 27.5 Å². The van der Waals surface area contributed by atoms with E-state index in [2.05, 4.69) is 10.0 Å². The summed E-state index contributed by atoms with van der Waals surface area (Å²) in [6.45, 7) is 1.65. The second-order valence-electron chi connectivity index (χ2n) is 4.89. The molecule has 100 valence electrons. The minimum atomic E-state index is -3.68. The number of benzene rings is 1. The summed E-state index contributed by atoms with van der Waals surface area (Å²) in [5.74, 6) is -0.00902. The largest absolute Gasteiger partial charge is 0.316 e. The average Bonchev–Trinajstić information content (AvgIpc) is 2.82. The number of piperidine rings is 1. The fourth-order valence-electron chi connectivity index (χ4n) is 2.60.